The van der Waals surface area contributed by atoms with Gasteiger partial charge in [-0.15, -0.1) is 5.10 Å². The van der Waals surface area contributed by atoms with Gasteiger partial charge in [0.05, 0.1) is 22.9 Å². The molecule has 0 bridgehead atoms. The Hall–Kier alpha value is -2.73. The zero-order valence-electron chi connectivity index (χ0n) is 19.4. The molecule has 3 aromatic rings. The summed E-state index contributed by atoms with van der Waals surface area (Å²) < 4.78 is 50.6. The summed E-state index contributed by atoms with van der Waals surface area (Å²) in [5.41, 5.74) is 0.556. The second-order valence-corrected chi connectivity index (χ2v) is 11.6. The monoisotopic (exact) mass is 510 g/mol. The first-order chi connectivity index (χ1) is 16.0. The normalized spacial score (nSPS) is 16.2. The Bertz CT molecular complexity index is 1260. The minimum atomic E-state index is -3.50. The summed E-state index contributed by atoms with van der Waals surface area (Å²) >= 11 is 1.25. The summed E-state index contributed by atoms with van der Waals surface area (Å²) in [6.45, 7) is 6.90. The van der Waals surface area contributed by atoms with Gasteiger partial charge in [0.1, 0.15) is 11.9 Å². The number of halogens is 1. The number of sulfone groups is 1. The van der Waals surface area contributed by atoms with E-state index in [1.165, 1.54) is 28.0 Å². The molecule has 1 fully saturated rings. The van der Waals surface area contributed by atoms with E-state index in [-0.39, 0.29) is 34.7 Å². The SMILES string of the molecule is CC(C)OC(=O)N1CCC(C(C)Oc2nn3cc(-c4ccc(S(C)(=O)=O)cc4F)nc3s2)CC1. The lowest BCUT2D eigenvalue weighted by Crippen LogP contribution is -2.42. The van der Waals surface area contributed by atoms with E-state index in [0.717, 1.165) is 25.2 Å². The molecular formula is C22H27FN4O5S2. The first kappa shape index (κ1) is 24.4. The number of amides is 1. The lowest BCUT2D eigenvalue weighted by Gasteiger charge is -2.34. The molecule has 1 aliphatic rings. The van der Waals surface area contributed by atoms with Crippen molar-refractivity contribution in [3.8, 4) is 16.5 Å². The van der Waals surface area contributed by atoms with Crippen LogP contribution >= 0.6 is 11.3 Å². The largest absolute Gasteiger partial charge is 0.466 e. The quantitative estimate of drug-likeness (QED) is 0.493. The van der Waals surface area contributed by atoms with E-state index in [2.05, 4.69) is 10.1 Å². The van der Waals surface area contributed by atoms with Crippen molar-refractivity contribution in [1.29, 1.82) is 0 Å². The summed E-state index contributed by atoms with van der Waals surface area (Å²) in [5, 5.41) is 4.86. The van der Waals surface area contributed by atoms with E-state index in [0.29, 0.717) is 28.9 Å². The molecule has 0 radical (unpaired) electrons. The van der Waals surface area contributed by atoms with E-state index < -0.39 is 15.7 Å². The van der Waals surface area contributed by atoms with Gasteiger partial charge in [0.15, 0.2) is 9.84 Å². The van der Waals surface area contributed by atoms with E-state index in [4.69, 9.17) is 9.47 Å². The number of hydrogen-bond donors (Lipinski definition) is 0. The highest BCUT2D eigenvalue weighted by molar-refractivity contribution is 7.90. The molecule has 1 aliphatic heterocycles. The first-order valence-corrected chi connectivity index (χ1v) is 13.7. The smallest absolute Gasteiger partial charge is 0.410 e. The van der Waals surface area contributed by atoms with Crippen molar-refractivity contribution >= 4 is 32.2 Å². The minimum Gasteiger partial charge on any atom is -0.466 e. The van der Waals surface area contributed by atoms with Crippen molar-refractivity contribution in [2.45, 2.75) is 50.7 Å². The van der Waals surface area contributed by atoms with Crippen LogP contribution in [0.4, 0.5) is 9.18 Å². The summed E-state index contributed by atoms with van der Waals surface area (Å²) in [6.07, 6.45) is 3.72. The summed E-state index contributed by atoms with van der Waals surface area (Å²) in [6, 6.07) is 3.76. The second-order valence-electron chi connectivity index (χ2n) is 8.72. The van der Waals surface area contributed by atoms with Gasteiger partial charge in [-0.3, -0.25) is 0 Å². The molecule has 0 spiro atoms. The van der Waals surface area contributed by atoms with Gasteiger partial charge in [-0.2, -0.15) is 0 Å². The Balaban J connectivity index is 1.39. The van der Waals surface area contributed by atoms with Gasteiger partial charge in [-0.05, 0) is 69.1 Å². The van der Waals surface area contributed by atoms with Gasteiger partial charge in [0.2, 0.25) is 4.96 Å². The lowest BCUT2D eigenvalue weighted by molar-refractivity contribution is 0.0493. The molecule has 1 saturated heterocycles. The maximum absolute atomic E-state index is 14.5. The van der Waals surface area contributed by atoms with Crippen LogP contribution in [0.3, 0.4) is 0 Å². The van der Waals surface area contributed by atoms with Crippen LogP contribution in [0.25, 0.3) is 16.2 Å². The number of carbonyl (C=O) groups is 1. The Labute approximate surface area is 201 Å². The van der Waals surface area contributed by atoms with Gasteiger partial charge in [0.25, 0.3) is 5.19 Å². The zero-order valence-corrected chi connectivity index (χ0v) is 21.0. The molecule has 2 aromatic heterocycles. The molecule has 4 rings (SSSR count). The molecule has 0 N–H and O–H groups in total. The van der Waals surface area contributed by atoms with Crippen LogP contribution in [0.2, 0.25) is 0 Å². The predicted octanol–water partition coefficient (Wildman–Crippen LogP) is 4.02. The van der Waals surface area contributed by atoms with Crippen LogP contribution in [0.5, 0.6) is 5.19 Å². The molecular weight excluding hydrogens is 483 g/mol. The Morgan fingerprint density at radius 2 is 1.94 bits per heavy atom. The fourth-order valence-corrected chi connectivity index (χ4v) is 5.33. The molecule has 9 nitrogen and oxygen atoms in total. The third-order valence-electron chi connectivity index (χ3n) is 5.75. The molecule has 34 heavy (non-hydrogen) atoms. The van der Waals surface area contributed by atoms with Crippen LogP contribution in [0, 0.1) is 11.7 Å². The van der Waals surface area contributed by atoms with Gasteiger partial charge >= 0.3 is 6.09 Å². The fraction of sp³-hybridized carbons (Fsp3) is 0.500. The van der Waals surface area contributed by atoms with E-state index in [9.17, 15) is 17.6 Å². The number of hydrogen-bond acceptors (Lipinski definition) is 8. The van der Waals surface area contributed by atoms with Crippen molar-refractivity contribution in [2.24, 2.45) is 5.92 Å². The number of aromatic nitrogens is 3. The highest BCUT2D eigenvalue weighted by atomic mass is 32.2. The topological polar surface area (TPSA) is 103 Å². The van der Waals surface area contributed by atoms with E-state index in [1.807, 2.05) is 20.8 Å². The summed E-state index contributed by atoms with van der Waals surface area (Å²) in [4.78, 5) is 18.7. The lowest BCUT2D eigenvalue weighted by atomic mass is 9.92. The van der Waals surface area contributed by atoms with Crippen LogP contribution in [-0.4, -0.2) is 65.6 Å². The van der Waals surface area contributed by atoms with Crippen LogP contribution in [-0.2, 0) is 14.6 Å². The molecule has 0 saturated carbocycles. The third-order valence-corrected chi connectivity index (χ3v) is 7.68. The number of rotatable bonds is 6. The minimum absolute atomic E-state index is 0.0831. The van der Waals surface area contributed by atoms with Crippen molar-refractivity contribution in [2.75, 3.05) is 19.3 Å². The summed E-state index contributed by atoms with van der Waals surface area (Å²) in [5.74, 6) is -0.389. The number of imidazole rings is 1. The van der Waals surface area contributed by atoms with Crippen molar-refractivity contribution in [1.82, 2.24) is 19.5 Å². The summed E-state index contributed by atoms with van der Waals surface area (Å²) in [7, 11) is -3.50. The standard InChI is InChI=1S/C22H27FN4O5S2/c1-13(2)31-22(28)26-9-7-15(8-10-26)14(3)32-21-25-27-12-19(24-20(27)33-21)17-6-5-16(11-18(17)23)34(4,29)30/h5-6,11-15H,7-10H2,1-4H3. The molecule has 3 heterocycles. The van der Waals surface area contributed by atoms with Gasteiger partial charge in [-0.25, -0.2) is 27.1 Å². The van der Waals surface area contributed by atoms with Crippen molar-refractivity contribution in [3.63, 3.8) is 0 Å². The molecule has 0 aliphatic carbocycles. The first-order valence-electron chi connectivity index (χ1n) is 11.0. The van der Waals surface area contributed by atoms with Gasteiger partial charge in [0, 0.05) is 24.9 Å². The Morgan fingerprint density at radius 3 is 2.53 bits per heavy atom. The molecule has 1 amide bonds. The van der Waals surface area contributed by atoms with Gasteiger partial charge < -0.3 is 14.4 Å². The third kappa shape index (κ3) is 5.33. The predicted molar refractivity (Wildman–Crippen MR) is 125 cm³/mol. The molecule has 1 atom stereocenters. The average molecular weight is 511 g/mol. The molecule has 12 heteroatoms. The van der Waals surface area contributed by atoms with Gasteiger partial charge in [-0.1, -0.05) is 0 Å². The number of benzene rings is 1. The van der Waals surface area contributed by atoms with E-state index >= 15 is 0 Å². The van der Waals surface area contributed by atoms with Crippen LogP contribution in [0.1, 0.15) is 33.6 Å². The van der Waals surface area contributed by atoms with Crippen molar-refractivity contribution < 1.29 is 27.1 Å². The number of ether oxygens (including phenoxy) is 2. The number of carbonyl (C=O) groups excluding carboxylic acids is 1. The van der Waals surface area contributed by atoms with Crippen LogP contribution < -0.4 is 4.74 Å². The number of piperidine rings is 1. The highest BCUT2D eigenvalue weighted by Gasteiger charge is 2.29. The maximum atomic E-state index is 14.5. The van der Waals surface area contributed by atoms with Crippen LogP contribution in [0.15, 0.2) is 29.3 Å². The number of fused-ring (bicyclic) bond motifs is 1. The maximum Gasteiger partial charge on any atom is 0.410 e. The number of nitrogens with zero attached hydrogens (tertiary/aromatic N) is 4. The zero-order chi connectivity index (χ0) is 24.6. The Morgan fingerprint density at radius 1 is 1.24 bits per heavy atom. The fourth-order valence-electron chi connectivity index (χ4n) is 3.88. The second kappa shape index (κ2) is 9.49. The molecule has 1 unspecified atom stereocenters. The molecule has 184 valence electrons. The highest BCUT2D eigenvalue weighted by Crippen LogP contribution is 2.31. The van der Waals surface area contributed by atoms with Crippen molar-refractivity contribution in [3.05, 3.63) is 30.2 Å². The van der Waals surface area contributed by atoms with E-state index in [1.54, 1.807) is 11.1 Å². The number of likely N-dealkylation sites (tertiary alicyclic amines) is 1. The Kier molecular flexibility index (Phi) is 6.81. The average Bonchev–Trinajstić information content (AvgIpc) is 3.31. The molecule has 1 aromatic carbocycles.